The van der Waals surface area contributed by atoms with Crippen LogP contribution in [0.3, 0.4) is 0 Å². The number of fused-ring (bicyclic) bond motifs is 1. The average molecular weight is 462 g/mol. The third-order valence-corrected chi connectivity index (χ3v) is 7.80. The van der Waals surface area contributed by atoms with Crippen LogP contribution in [0.1, 0.15) is 52.0 Å². The summed E-state index contributed by atoms with van der Waals surface area (Å²) in [6, 6.07) is 4.88. The Labute approximate surface area is 189 Å². The first-order chi connectivity index (χ1) is 15.3. The Morgan fingerprint density at radius 2 is 2.00 bits per heavy atom. The molecule has 0 amide bonds. The number of aliphatic imine (C=N–C) groups is 1. The molecule has 3 aliphatic rings. The maximum Gasteiger partial charge on any atom is 0.243 e. The molecule has 0 aromatic heterocycles. The van der Waals surface area contributed by atoms with E-state index in [9.17, 15) is 13.5 Å². The van der Waals surface area contributed by atoms with E-state index in [1.165, 1.54) is 4.31 Å². The number of amidine groups is 1. The maximum absolute atomic E-state index is 13.3. The van der Waals surface area contributed by atoms with Crippen molar-refractivity contribution in [1.29, 1.82) is 0 Å². The van der Waals surface area contributed by atoms with Gasteiger partial charge in [0.1, 0.15) is 11.9 Å². The number of hydrogen-bond acceptors (Lipinski definition) is 8. The highest BCUT2D eigenvalue weighted by molar-refractivity contribution is 7.89. The third-order valence-electron chi connectivity index (χ3n) is 5.91. The number of hydrazone groups is 1. The number of allylic oxidation sites excluding steroid dienone is 1. The number of aliphatic hydroxyl groups excluding tert-OH is 1. The highest BCUT2D eigenvalue weighted by Crippen LogP contribution is 2.31. The predicted molar refractivity (Wildman–Crippen MR) is 123 cm³/mol. The number of piperidine rings is 1. The van der Waals surface area contributed by atoms with Crippen LogP contribution in [0.5, 0.6) is 5.75 Å². The molecule has 0 spiro atoms. The zero-order valence-electron chi connectivity index (χ0n) is 18.8. The Kier molecular flexibility index (Phi) is 6.55. The van der Waals surface area contributed by atoms with Gasteiger partial charge in [-0.05, 0) is 51.3 Å². The fourth-order valence-electron chi connectivity index (χ4n) is 4.18. The van der Waals surface area contributed by atoms with Crippen LogP contribution in [0.4, 0.5) is 0 Å². The van der Waals surface area contributed by atoms with Gasteiger partial charge in [0.2, 0.25) is 10.0 Å². The molecular weight excluding hydrogens is 430 g/mol. The first-order valence-electron chi connectivity index (χ1n) is 11.2. The molecule has 9 nitrogen and oxygen atoms in total. The summed E-state index contributed by atoms with van der Waals surface area (Å²) >= 11 is 0. The SMILES string of the molecule is CCCC1N=C(C)C2=CNC(c3cc(S(=O)(=O)N4CCC(O)CC4)ccc3OCC)=NN21. The number of rotatable bonds is 7. The summed E-state index contributed by atoms with van der Waals surface area (Å²) in [7, 11) is -3.69. The quantitative estimate of drug-likeness (QED) is 0.645. The van der Waals surface area contributed by atoms with E-state index in [4.69, 9.17) is 14.8 Å². The summed E-state index contributed by atoms with van der Waals surface area (Å²) in [5.74, 6) is 1.09. The van der Waals surface area contributed by atoms with E-state index in [2.05, 4.69) is 12.2 Å². The normalized spacial score (nSPS) is 22.1. The summed E-state index contributed by atoms with van der Waals surface area (Å²) in [6.07, 6.45) is 4.09. The smallest absolute Gasteiger partial charge is 0.243 e. The largest absolute Gasteiger partial charge is 0.493 e. The molecule has 3 aliphatic heterocycles. The Morgan fingerprint density at radius 3 is 2.69 bits per heavy atom. The highest BCUT2D eigenvalue weighted by Gasteiger charge is 2.33. The van der Waals surface area contributed by atoms with E-state index in [1.807, 2.05) is 25.1 Å². The van der Waals surface area contributed by atoms with Crippen molar-refractivity contribution in [2.75, 3.05) is 19.7 Å². The number of nitrogens with one attached hydrogen (secondary N) is 1. The first-order valence-corrected chi connectivity index (χ1v) is 12.6. The molecule has 32 heavy (non-hydrogen) atoms. The molecule has 3 heterocycles. The van der Waals surface area contributed by atoms with Crippen LogP contribution in [0.2, 0.25) is 0 Å². The van der Waals surface area contributed by atoms with Crippen molar-refractivity contribution in [3.8, 4) is 5.75 Å². The fourth-order valence-corrected chi connectivity index (χ4v) is 5.68. The van der Waals surface area contributed by atoms with Gasteiger partial charge in [-0.3, -0.25) is 4.99 Å². The lowest BCUT2D eigenvalue weighted by Gasteiger charge is -2.29. The van der Waals surface area contributed by atoms with Gasteiger partial charge in [-0.15, -0.1) is 0 Å². The number of ether oxygens (including phenoxy) is 1. The first kappa shape index (κ1) is 22.8. The van der Waals surface area contributed by atoms with E-state index in [1.54, 1.807) is 18.2 Å². The number of nitrogens with zero attached hydrogens (tertiary/aromatic N) is 4. The summed E-state index contributed by atoms with van der Waals surface area (Å²) in [6.45, 7) is 7.02. The topological polar surface area (TPSA) is 107 Å². The zero-order valence-corrected chi connectivity index (χ0v) is 19.6. The lowest BCUT2D eigenvalue weighted by atomic mass is 10.1. The van der Waals surface area contributed by atoms with Gasteiger partial charge in [0, 0.05) is 19.3 Å². The van der Waals surface area contributed by atoms with Crippen LogP contribution in [0.15, 0.2) is 45.1 Å². The van der Waals surface area contributed by atoms with Gasteiger partial charge in [-0.1, -0.05) is 13.3 Å². The van der Waals surface area contributed by atoms with Crippen LogP contribution in [0.25, 0.3) is 0 Å². The molecular formula is C22H31N5O4S. The molecule has 1 saturated heterocycles. The second kappa shape index (κ2) is 9.21. The van der Waals surface area contributed by atoms with Gasteiger partial charge in [0.25, 0.3) is 0 Å². The summed E-state index contributed by atoms with van der Waals surface area (Å²) in [4.78, 5) is 4.89. The van der Waals surface area contributed by atoms with Gasteiger partial charge in [0.15, 0.2) is 5.84 Å². The monoisotopic (exact) mass is 461 g/mol. The molecule has 0 bridgehead atoms. The molecule has 1 aromatic rings. The van der Waals surface area contributed by atoms with Crippen molar-refractivity contribution in [2.24, 2.45) is 10.1 Å². The standard InChI is InChI=1S/C22H31N5O4S/c1-4-6-21-24-15(3)19-14-23-22(25-27(19)21)18-13-17(7-8-20(18)31-5-2)32(29,30)26-11-9-16(28)10-12-26/h7-8,13-14,16,21,28H,4-6,9-12H2,1-3H3,(H,23,25). The van der Waals surface area contributed by atoms with Crippen molar-refractivity contribution in [3.63, 3.8) is 0 Å². The van der Waals surface area contributed by atoms with E-state index in [0.29, 0.717) is 49.7 Å². The Bertz CT molecular complexity index is 1060. The van der Waals surface area contributed by atoms with Crippen LogP contribution in [-0.2, 0) is 10.0 Å². The number of benzene rings is 1. The lowest BCUT2D eigenvalue weighted by Crippen LogP contribution is -2.40. The second-order valence-corrected chi connectivity index (χ2v) is 10.1. The number of hydrogen-bond donors (Lipinski definition) is 2. The molecule has 1 unspecified atom stereocenters. The molecule has 2 N–H and O–H groups in total. The molecule has 174 valence electrons. The zero-order chi connectivity index (χ0) is 22.9. The molecule has 4 rings (SSSR count). The van der Waals surface area contributed by atoms with E-state index in [-0.39, 0.29) is 11.1 Å². The molecule has 1 fully saturated rings. The van der Waals surface area contributed by atoms with Crippen LogP contribution < -0.4 is 10.1 Å². The lowest BCUT2D eigenvalue weighted by molar-refractivity contribution is 0.113. The Morgan fingerprint density at radius 1 is 1.25 bits per heavy atom. The van der Waals surface area contributed by atoms with Gasteiger partial charge in [-0.2, -0.15) is 9.41 Å². The van der Waals surface area contributed by atoms with Crippen molar-refractivity contribution in [3.05, 3.63) is 35.7 Å². The predicted octanol–water partition coefficient (Wildman–Crippen LogP) is 2.24. The Hall–Kier alpha value is -2.43. The number of aliphatic hydroxyl groups is 1. The summed E-state index contributed by atoms with van der Waals surface area (Å²) < 4.78 is 33.8. The van der Waals surface area contributed by atoms with Gasteiger partial charge < -0.3 is 15.2 Å². The summed E-state index contributed by atoms with van der Waals surface area (Å²) in [5, 5.41) is 19.6. The van der Waals surface area contributed by atoms with Crippen molar-refractivity contribution >= 4 is 21.6 Å². The fraction of sp³-hybridized carbons (Fsp3) is 0.545. The molecule has 1 atom stereocenters. The van der Waals surface area contributed by atoms with Crippen molar-refractivity contribution in [2.45, 2.75) is 63.6 Å². The van der Waals surface area contributed by atoms with E-state index < -0.39 is 16.1 Å². The van der Waals surface area contributed by atoms with Gasteiger partial charge >= 0.3 is 0 Å². The van der Waals surface area contributed by atoms with Gasteiger partial charge in [-0.25, -0.2) is 13.4 Å². The molecule has 1 aromatic carbocycles. The van der Waals surface area contributed by atoms with Crippen molar-refractivity contribution < 1.29 is 18.3 Å². The molecule has 0 saturated carbocycles. The van der Waals surface area contributed by atoms with E-state index in [0.717, 1.165) is 24.3 Å². The van der Waals surface area contributed by atoms with E-state index >= 15 is 0 Å². The molecule has 0 radical (unpaired) electrons. The average Bonchev–Trinajstić information content (AvgIpc) is 3.09. The van der Waals surface area contributed by atoms with Gasteiger partial charge in [0.05, 0.1) is 34.6 Å². The maximum atomic E-state index is 13.3. The minimum atomic E-state index is -3.69. The Balaban J connectivity index is 1.69. The minimum absolute atomic E-state index is 0.0643. The minimum Gasteiger partial charge on any atom is -0.493 e. The van der Waals surface area contributed by atoms with Crippen LogP contribution in [0, 0.1) is 0 Å². The second-order valence-electron chi connectivity index (χ2n) is 8.18. The number of sulfonamides is 1. The highest BCUT2D eigenvalue weighted by atomic mass is 32.2. The third kappa shape index (κ3) is 4.26. The molecule has 10 heteroatoms. The van der Waals surface area contributed by atoms with Crippen LogP contribution in [-0.4, -0.2) is 66.4 Å². The van der Waals surface area contributed by atoms with Crippen molar-refractivity contribution in [1.82, 2.24) is 14.6 Å². The molecule has 0 aliphatic carbocycles. The van der Waals surface area contributed by atoms with Crippen LogP contribution >= 0.6 is 0 Å². The summed E-state index contributed by atoms with van der Waals surface area (Å²) in [5.41, 5.74) is 2.42.